The summed E-state index contributed by atoms with van der Waals surface area (Å²) in [6, 6.07) is 16.0. The first-order valence-corrected chi connectivity index (χ1v) is 7.58. The Balaban J connectivity index is 2.00. The lowest BCUT2D eigenvalue weighted by molar-refractivity contribution is 0.588. The van der Waals surface area contributed by atoms with Crippen molar-refractivity contribution in [1.82, 2.24) is 4.98 Å². The minimum Gasteiger partial charge on any atom is -0.436 e. The van der Waals surface area contributed by atoms with Gasteiger partial charge in [-0.3, -0.25) is 0 Å². The van der Waals surface area contributed by atoms with Crippen LogP contribution in [0.4, 0.5) is 0 Å². The highest BCUT2D eigenvalue weighted by molar-refractivity contribution is 14.1. The zero-order valence-corrected chi connectivity index (χ0v) is 13.6. The Morgan fingerprint density at radius 3 is 2.47 bits per heavy atom. The predicted octanol–water partition coefficient (Wildman–Crippen LogP) is 5.38. The fraction of sp³-hybridized carbons (Fsp3) is 0. The molecule has 0 spiro atoms. The minimum atomic E-state index is 0.655. The lowest BCUT2D eigenvalue weighted by Gasteiger charge is -1.99. The number of benzene rings is 2. The second-order valence-corrected chi connectivity index (χ2v) is 6.09. The lowest BCUT2D eigenvalue weighted by atomic mass is 10.2. The maximum absolute atomic E-state index is 5.85. The van der Waals surface area contributed by atoms with Crippen LogP contribution in [-0.2, 0) is 0 Å². The van der Waals surface area contributed by atoms with Gasteiger partial charge in [-0.1, -0.05) is 40.2 Å². The van der Waals surface area contributed by atoms with Crippen LogP contribution in [0.3, 0.4) is 0 Å². The molecule has 0 amide bonds. The highest BCUT2D eigenvalue weighted by atomic mass is 127. The molecule has 4 heteroatoms. The molecule has 0 unspecified atom stereocenters. The standard InChI is InChI=1S/C15H9BrINO/c16-11-7-5-10(6-8-11)14-9-18-15(19-14)12-3-1-2-4-13(12)17/h1-9H. The number of halogens is 2. The average molecular weight is 426 g/mol. The molecule has 0 atom stereocenters. The number of rotatable bonds is 2. The summed E-state index contributed by atoms with van der Waals surface area (Å²) in [5.41, 5.74) is 2.04. The van der Waals surface area contributed by atoms with Crippen LogP contribution in [0.25, 0.3) is 22.8 Å². The fourth-order valence-electron chi connectivity index (χ4n) is 1.78. The Morgan fingerprint density at radius 1 is 1.00 bits per heavy atom. The maximum Gasteiger partial charge on any atom is 0.227 e. The van der Waals surface area contributed by atoms with Gasteiger partial charge in [0.1, 0.15) is 0 Å². The third-order valence-corrected chi connectivity index (χ3v) is 4.21. The predicted molar refractivity (Wildman–Crippen MR) is 87.8 cm³/mol. The number of oxazole rings is 1. The highest BCUT2D eigenvalue weighted by Crippen LogP contribution is 2.29. The molecule has 0 saturated heterocycles. The van der Waals surface area contributed by atoms with Gasteiger partial charge in [0.2, 0.25) is 5.89 Å². The van der Waals surface area contributed by atoms with E-state index in [9.17, 15) is 0 Å². The van der Waals surface area contributed by atoms with Gasteiger partial charge < -0.3 is 4.42 Å². The summed E-state index contributed by atoms with van der Waals surface area (Å²) < 4.78 is 8.02. The summed E-state index contributed by atoms with van der Waals surface area (Å²) in [4.78, 5) is 4.36. The van der Waals surface area contributed by atoms with Crippen LogP contribution in [0.2, 0.25) is 0 Å². The van der Waals surface area contributed by atoms with Crippen LogP contribution in [-0.4, -0.2) is 4.98 Å². The van der Waals surface area contributed by atoms with E-state index in [4.69, 9.17) is 4.42 Å². The minimum absolute atomic E-state index is 0.655. The van der Waals surface area contributed by atoms with E-state index in [1.165, 1.54) is 0 Å². The summed E-state index contributed by atoms with van der Waals surface area (Å²) in [6.45, 7) is 0. The van der Waals surface area contributed by atoms with Crippen molar-refractivity contribution in [1.29, 1.82) is 0 Å². The zero-order valence-electron chi connectivity index (χ0n) is 9.81. The number of hydrogen-bond donors (Lipinski definition) is 0. The molecule has 0 bridgehead atoms. The van der Waals surface area contributed by atoms with Gasteiger partial charge >= 0.3 is 0 Å². The van der Waals surface area contributed by atoms with E-state index in [-0.39, 0.29) is 0 Å². The lowest BCUT2D eigenvalue weighted by Crippen LogP contribution is -1.80. The van der Waals surface area contributed by atoms with E-state index in [2.05, 4.69) is 43.5 Å². The largest absolute Gasteiger partial charge is 0.436 e. The van der Waals surface area contributed by atoms with Crippen LogP contribution >= 0.6 is 38.5 Å². The van der Waals surface area contributed by atoms with Crippen molar-refractivity contribution in [2.24, 2.45) is 0 Å². The molecule has 0 aliphatic heterocycles. The van der Waals surface area contributed by atoms with Gasteiger partial charge in [0, 0.05) is 13.6 Å². The van der Waals surface area contributed by atoms with Gasteiger partial charge in [-0.05, 0) is 46.9 Å². The Bertz CT molecular complexity index is 706. The molecule has 0 fully saturated rings. The third-order valence-electron chi connectivity index (χ3n) is 2.74. The molecule has 0 radical (unpaired) electrons. The monoisotopic (exact) mass is 425 g/mol. The van der Waals surface area contributed by atoms with E-state index in [1.807, 2.05) is 48.5 Å². The average Bonchev–Trinajstić information content (AvgIpc) is 2.89. The molecule has 0 N–H and O–H groups in total. The Kier molecular flexibility index (Phi) is 3.70. The molecule has 2 nitrogen and oxygen atoms in total. The van der Waals surface area contributed by atoms with Crippen molar-refractivity contribution in [3.63, 3.8) is 0 Å². The van der Waals surface area contributed by atoms with Crippen LogP contribution in [0.5, 0.6) is 0 Å². The van der Waals surface area contributed by atoms with Crippen molar-refractivity contribution >= 4 is 38.5 Å². The molecular weight excluding hydrogens is 417 g/mol. The normalized spacial score (nSPS) is 10.6. The quantitative estimate of drug-likeness (QED) is 0.515. The topological polar surface area (TPSA) is 26.0 Å². The molecule has 94 valence electrons. The zero-order chi connectivity index (χ0) is 13.2. The van der Waals surface area contributed by atoms with E-state index in [0.29, 0.717) is 5.89 Å². The first-order valence-electron chi connectivity index (χ1n) is 5.71. The van der Waals surface area contributed by atoms with E-state index < -0.39 is 0 Å². The highest BCUT2D eigenvalue weighted by Gasteiger charge is 2.10. The van der Waals surface area contributed by atoms with Gasteiger partial charge in [-0.25, -0.2) is 4.98 Å². The Hall–Kier alpha value is -1.14. The summed E-state index contributed by atoms with van der Waals surface area (Å²) in [5, 5.41) is 0. The molecular formula is C15H9BrINO. The van der Waals surface area contributed by atoms with Crippen LogP contribution < -0.4 is 0 Å². The van der Waals surface area contributed by atoms with E-state index >= 15 is 0 Å². The van der Waals surface area contributed by atoms with Crippen molar-refractivity contribution in [2.75, 3.05) is 0 Å². The van der Waals surface area contributed by atoms with Gasteiger partial charge in [0.15, 0.2) is 5.76 Å². The molecule has 0 aliphatic carbocycles. The molecule has 1 aromatic heterocycles. The van der Waals surface area contributed by atoms with Crippen molar-refractivity contribution < 1.29 is 4.42 Å². The van der Waals surface area contributed by atoms with E-state index in [1.54, 1.807) is 6.20 Å². The second-order valence-electron chi connectivity index (χ2n) is 4.02. The number of nitrogens with zero attached hydrogens (tertiary/aromatic N) is 1. The van der Waals surface area contributed by atoms with Gasteiger partial charge in [0.25, 0.3) is 0 Å². The van der Waals surface area contributed by atoms with Crippen molar-refractivity contribution in [2.45, 2.75) is 0 Å². The first kappa shape index (κ1) is 12.9. The second kappa shape index (κ2) is 5.46. The van der Waals surface area contributed by atoms with E-state index in [0.717, 1.165) is 24.9 Å². The Morgan fingerprint density at radius 2 is 1.74 bits per heavy atom. The summed E-state index contributed by atoms with van der Waals surface area (Å²) in [6.07, 6.45) is 1.77. The molecule has 19 heavy (non-hydrogen) atoms. The van der Waals surface area contributed by atoms with Crippen molar-refractivity contribution in [3.8, 4) is 22.8 Å². The van der Waals surface area contributed by atoms with Crippen LogP contribution in [0.15, 0.2) is 63.6 Å². The summed E-state index contributed by atoms with van der Waals surface area (Å²) in [7, 11) is 0. The SMILES string of the molecule is Brc1ccc(-c2cnc(-c3ccccc3I)o2)cc1. The van der Waals surface area contributed by atoms with Gasteiger partial charge in [0.05, 0.1) is 11.8 Å². The van der Waals surface area contributed by atoms with Crippen LogP contribution in [0, 0.1) is 3.57 Å². The number of hydrogen-bond acceptors (Lipinski definition) is 2. The summed E-state index contributed by atoms with van der Waals surface area (Å²) >= 11 is 5.71. The molecule has 3 aromatic rings. The van der Waals surface area contributed by atoms with Gasteiger partial charge in [-0.2, -0.15) is 0 Å². The summed E-state index contributed by atoms with van der Waals surface area (Å²) in [5.74, 6) is 1.44. The smallest absolute Gasteiger partial charge is 0.227 e. The molecule has 0 aliphatic rings. The third kappa shape index (κ3) is 2.74. The molecule has 3 rings (SSSR count). The number of aromatic nitrogens is 1. The fourth-order valence-corrected chi connectivity index (χ4v) is 2.66. The molecule has 0 saturated carbocycles. The van der Waals surface area contributed by atoms with Crippen molar-refractivity contribution in [3.05, 3.63) is 62.8 Å². The molecule has 2 aromatic carbocycles. The van der Waals surface area contributed by atoms with Crippen LogP contribution in [0.1, 0.15) is 0 Å². The molecule has 1 heterocycles. The maximum atomic E-state index is 5.85. The first-order chi connectivity index (χ1) is 9.24. The Labute approximate surface area is 133 Å². The van der Waals surface area contributed by atoms with Gasteiger partial charge in [-0.15, -0.1) is 0 Å².